The first-order valence-electron chi connectivity index (χ1n) is 14.4. The summed E-state index contributed by atoms with van der Waals surface area (Å²) >= 11 is 7.62. The second-order valence-corrected chi connectivity index (χ2v) is 16.3. The number of unbranched alkanes of at least 4 members (excludes halogenated alkanes) is 15. The molecular formula is C27H62ClN4P. The average molecular weight is 509 g/mol. The van der Waals surface area contributed by atoms with Gasteiger partial charge in [0.1, 0.15) is 0 Å². The molecular weight excluding hydrogens is 447 g/mol. The third kappa shape index (κ3) is 12.9. The third-order valence-corrected chi connectivity index (χ3v) is 14.1. The van der Waals surface area contributed by atoms with Crippen LogP contribution in [-0.2, 0) is 0 Å². The minimum absolute atomic E-state index is 0.978. The van der Waals surface area contributed by atoms with Gasteiger partial charge in [0.05, 0.1) is 0 Å². The molecule has 0 radical (unpaired) electrons. The van der Waals surface area contributed by atoms with Crippen LogP contribution < -0.4 is 5.50 Å². The summed E-state index contributed by atoms with van der Waals surface area (Å²) in [6.07, 6.45) is 23.3. The van der Waals surface area contributed by atoms with E-state index in [2.05, 4.69) is 55.9 Å². The molecule has 0 unspecified atom stereocenters. The van der Waals surface area contributed by atoms with Crippen molar-refractivity contribution in [1.29, 1.82) is 0 Å². The standard InChI is InChI=1S/C27H62ClN4P/c1-7-10-13-16-19-22-25-30(4)33(28,29,31(5)26-23-20-17-14-11-8-2)32(6)27-24-21-18-15-12-9-3/h7-27,29H2,1-6H3. The van der Waals surface area contributed by atoms with Crippen LogP contribution in [0, 0.1) is 0 Å². The summed E-state index contributed by atoms with van der Waals surface area (Å²) in [5.74, 6) is 0. The van der Waals surface area contributed by atoms with Crippen LogP contribution in [0.1, 0.15) is 136 Å². The van der Waals surface area contributed by atoms with Crippen LogP contribution in [-0.4, -0.2) is 54.8 Å². The van der Waals surface area contributed by atoms with Crippen LogP contribution in [0.25, 0.3) is 0 Å². The third-order valence-electron chi connectivity index (χ3n) is 7.40. The van der Waals surface area contributed by atoms with E-state index in [1.165, 1.54) is 116 Å². The molecule has 0 saturated carbocycles. The fourth-order valence-corrected chi connectivity index (χ4v) is 8.48. The van der Waals surface area contributed by atoms with Gasteiger partial charge in [-0.3, -0.25) is 0 Å². The summed E-state index contributed by atoms with van der Waals surface area (Å²) in [7, 11) is 6.52. The summed E-state index contributed by atoms with van der Waals surface area (Å²) in [6, 6.07) is 0. The SMILES string of the molecule is CCCCCCCCN(C)P(N)(Cl)(N(C)CCCCCCCC)N(C)CCCCCCCC. The fourth-order valence-electron chi connectivity index (χ4n) is 4.70. The van der Waals surface area contributed by atoms with E-state index in [0.29, 0.717) is 0 Å². The first-order valence-corrected chi connectivity index (χ1v) is 17.5. The Morgan fingerprint density at radius 2 is 0.667 bits per heavy atom. The topological polar surface area (TPSA) is 35.7 Å². The summed E-state index contributed by atoms with van der Waals surface area (Å²) < 4.78 is 7.00. The Bertz CT molecular complexity index is 388. The van der Waals surface area contributed by atoms with Gasteiger partial charge in [0.2, 0.25) is 0 Å². The van der Waals surface area contributed by atoms with Crippen molar-refractivity contribution in [3.05, 3.63) is 0 Å². The van der Waals surface area contributed by atoms with Gasteiger partial charge in [-0.25, -0.2) is 0 Å². The molecule has 0 atom stereocenters. The molecule has 0 aromatic carbocycles. The molecule has 4 nitrogen and oxygen atoms in total. The van der Waals surface area contributed by atoms with Crippen molar-refractivity contribution < 1.29 is 0 Å². The van der Waals surface area contributed by atoms with E-state index in [0.717, 1.165) is 19.6 Å². The number of nitrogens with zero attached hydrogens (tertiary/aromatic N) is 3. The fraction of sp³-hybridized carbons (Fsp3) is 1.00. The molecule has 0 amide bonds. The van der Waals surface area contributed by atoms with Crippen LogP contribution >= 0.6 is 17.8 Å². The number of nitrogens with two attached hydrogens (primary N) is 1. The summed E-state index contributed by atoms with van der Waals surface area (Å²) in [5, 5.41) is 0. The summed E-state index contributed by atoms with van der Waals surface area (Å²) in [4.78, 5) is 0. The van der Waals surface area contributed by atoms with Crippen LogP contribution in [0.15, 0.2) is 0 Å². The van der Waals surface area contributed by atoms with E-state index in [-0.39, 0.29) is 0 Å². The Labute approximate surface area is 214 Å². The van der Waals surface area contributed by atoms with Gasteiger partial charge >= 0.3 is 214 Å². The van der Waals surface area contributed by atoms with Gasteiger partial charge in [0.25, 0.3) is 0 Å². The molecule has 0 aromatic heterocycles. The molecule has 0 saturated heterocycles. The van der Waals surface area contributed by atoms with Crippen molar-refractivity contribution in [1.82, 2.24) is 14.0 Å². The molecule has 202 valence electrons. The minimum atomic E-state index is -3.31. The molecule has 0 aliphatic carbocycles. The van der Waals surface area contributed by atoms with E-state index < -0.39 is 6.56 Å². The second kappa shape index (κ2) is 19.7. The zero-order chi connectivity index (χ0) is 25.0. The van der Waals surface area contributed by atoms with Gasteiger partial charge in [-0.05, 0) is 0 Å². The quantitative estimate of drug-likeness (QED) is 0.104. The van der Waals surface area contributed by atoms with E-state index in [1.54, 1.807) is 0 Å². The normalized spacial score (nSPS) is 13.8. The predicted molar refractivity (Wildman–Crippen MR) is 155 cm³/mol. The van der Waals surface area contributed by atoms with Gasteiger partial charge in [-0.2, -0.15) is 0 Å². The Hall–Kier alpha value is 0.560. The number of halogens is 1. The predicted octanol–water partition coefficient (Wildman–Crippen LogP) is 9.19. The van der Waals surface area contributed by atoms with Crippen LogP contribution in [0.4, 0.5) is 0 Å². The van der Waals surface area contributed by atoms with Gasteiger partial charge in [-0.1, -0.05) is 0 Å². The number of hydrogen-bond acceptors (Lipinski definition) is 4. The van der Waals surface area contributed by atoms with Gasteiger partial charge in [0.15, 0.2) is 0 Å². The van der Waals surface area contributed by atoms with Crippen molar-refractivity contribution in [2.24, 2.45) is 5.50 Å². The monoisotopic (exact) mass is 508 g/mol. The maximum absolute atomic E-state index is 7.62. The molecule has 2 N–H and O–H groups in total. The molecule has 0 spiro atoms. The average Bonchev–Trinajstić information content (AvgIpc) is 2.80. The molecule has 0 aliphatic rings. The summed E-state index contributed by atoms with van der Waals surface area (Å²) in [5.41, 5.74) is 7.33. The van der Waals surface area contributed by atoms with Crippen molar-refractivity contribution in [2.75, 3.05) is 40.8 Å². The number of rotatable bonds is 24. The molecule has 0 aliphatic heterocycles. The Kier molecular flexibility index (Phi) is 20.0. The van der Waals surface area contributed by atoms with Crippen molar-refractivity contribution >= 4 is 17.8 Å². The van der Waals surface area contributed by atoms with Crippen LogP contribution in [0.3, 0.4) is 0 Å². The van der Waals surface area contributed by atoms with Gasteiger partial charge in [0, 0.05) is 0 Å². The van der Waals surface area contributed by atoms with Gasteiger partial charge < -0.3 is 0 Å². The first kappa shape index (κ1) is 33.6. The Morgan fingerprint density at radius 1 is 0.455 bits per heavy atom. The van der Waals surface area contributed by atoms with E-state index in [4.69, 9.17) is 16.7 Å². The van der Waals surface area contributed by atoms with Crippen LogP contribution in [0.2, 0.25) is 0 Å². The zero-order valence-corrected chi connectivity index (χ0v) is 25.2. The molecule has 0 heterocycles. The summed E-state index contributed by atoms with van der Waals surface area (Å²) in [6.45, 7) is 6.45. The first-order chi connectivity index (χ1) is 15.7. The molecule has 33 heavy (non-hydrogen) atoms. The molecule has 6 heteroatoms. The maximum atomic E-state index is 7.62. The molecule has 0 fully saturated rings. The van der Waals surface area contributed by atoms with Crippen molar-refractivity contribution in [2.45, 2.75) is 136 Å². The van der Waals surface area contributed by atoms with E-state index >= 15 is 0 Å². The van der Waals surface area contributed by atoms with Crippen molar-refractivity contribution in [3.8, 4) is 0 Å². The van der Waals surface area contributed by atoms with Crippen molar-refractivity contribution in [3.63, 3.8) is 0 Å². The van der Waals surface area contributed by atoms with Gasteiger partial charge in [-0.15, -0.1) is 0 Å². The Balaban J connectivity index is 4.97. The zero-order valence-electron chi connectivity index (χ0n) is 23.6. The van der Waals surface area contributed by atoms with Crippen LogP contribution in [0.5, 0.6) is 0 Å². The molecule has 0 rings (SSSR count). The van der Waals surface area contributed by atoms with E-state index in [9.17, 15) is 0 Å². The number of hydrogen-bond donors (Lipinski definition) is 1. The molecule has 0 bridgehead atoms. The second-order valence-electron chi connectivity index (χ2n) is 10.4. The Morgan fingerprint density at radius 3 is 0.909 bits per heavy atom. The van der Waals surface area contributed by atoms with E-state index in [1.807, 2.05) is 0 Å². The molecule has 0 aromatic rings.